The molecule has 0 saturated carbocycles. The number of imidazole rings is 1. The van der Waals surface area contributed by atoms with Crippen LogP contribution in [0.2, 0.25) is 0 Å². The Morgan fingerprint density at radius 3 is 2.47 bits per heavy atom. The summed E-state index contributed by atoms with van der Waals surface area (Å²) in [6.07, 6.45) is -0.0613. The predicted octanol–water partition coefficient (Wildman–Crippen LogP) is 2.81. The lowest BCUT2D eigenvalue weighted by Gasteiger charge is -2.14. The predicted molar refractivity (Wildman–Crippen MR) is 116 cm³/mol. The average molecular weight is 437 g/mol. The van der Waals surface area contributed by atoms with Gasteiger partial charge in [0.1, 0.15) is 11.3 Å². The number of nitrogens with one attached hydrogen (secondary N) is 1. The third-order valence-corrected chi connectivity index (χ3v) is 4.64. The fourth-order valence-electron chi connectivity index (χ4n) is 3.28. The molecule has 0 aliphatic heterocycles. The smallest absolute Gasteiger partial charge is 0.332 e. The Hall–Kier alpha value is -4.21. The van der Waals surface area contributed by atoms with Crippen LogP contribution in [0.15, 0.2) is 47.3 Å². The molecule has 2 aromatic carbocycles. The van der Waals surface area contributed by atoms with Crippen LogP contribution in [0.1, 0.15) is 24.3 Å². The number of fused-ring (bicyclic) bond motifs is 1. The minimum atomic E-state index is -0.835. The fourth-order valence-corrected chi connectivity index (χ4v) is 3.28. The van der Waals surface area contributed by atoms with E-state index in [4.69, 9.17) is 15.2 Å². The van der Waals surface area contributed by atoms with Crippen molar-refractivity contribution in [1.82, 2.24) is 19.5 Å². The van der Waals surface area contributed by atoms with E-state index in [2.05, 4.69) is 15.0 Å². The van der Waals surface area contributed by atoms with Crippen molar-refractivity contribution < 1.29 is 18.7 Å². The number of H-pyrrole nitrogens is 1. The van der Waals surface area contributed by atoms with E-state index in [0.29, 0.717) is 22.7 Å². The van der Waals surface area contributed by atoms with Crippen molar-refractivity contribution in [2.24, 2.45) is 5.73 Å². The number of hydrogen-bond acceptors (Lipinski definition) is 6. The second-order valence-corrected chi connectivity index (χ2v) is 7.23. The lowest BCUT2D eigenvalue weighted by Crippen LogP contribution is -2.15. The second kappa shape index (κ2) is 8.14. The van der Waals surface area contributed by atoms with Gasteiger partial charge >= 0.3 is 5.69 Å². The van der Waals surface area contributed by atoms with Gasteiger partial charge in [0.2, 0.25) is 0 Å². The lowest BCUT2D eigenvalue weighted by atomic mass is 10.1. The van der Waals surface area contributed by atoms with Crippen LogP contribution >= 0.6 is 0 Å². The molecule has 0 aliphatic carbocycles. The number of carbonyl (C=O) groups is 1. The molecule has 9 nitrogen and oxygen atoms in total. The molecule has 0 spiro atoms. The van der Waals surface area contributed by atoms with Gasteiger partial charge in [0, 0.05) is 5.56 Å². The average Bonchev–Trinajstić information content (AvgIpc) is 3.09. The maximum Gasteiger partial charge on any atom is 0.332 e. The van der Waals surface area contributed by atoms with Crippen LogP contribution in [0.25, 0.3) is 28.2 Å². The number of aromatic nitrogens is 4. The number of primary amides is 1. The molecule has 0 saturated heterocycles. The summed E-state index contributed by atoms with van der Waals surface area (Å²) < 4.78 is 25.7. The van der Waals surface area contributed by atoms with Gasteiger partial charge in [-0.25, -0.2) is 23.7 Å². The maximum absolute atomic E-state index is 13.4. The van der Waals surface area contributed by atoms with Crippen molar-refractivity contribution in [3.05, 3.63) is 64.5 Å². The molecule has 0 bridgehead atoms. The van der Waals surface area contributed by atoms with Gasteiger partial charge in [-0.3, -0.25) is 4.79 Å². The highest BCUT2D eigenvalue weighted by Crippen LogP contribution is 2.33. The summed E-state index contributed by atoms with van der Waals surface area (Å²) in [6.45, 7) is 3.79. The Morgan fingerprint density at radius 2 is 1.84 bits per heavy atom. The molecule has 0 atom stereocenters. The molecule has 1 amide bonds. The van der Waals surface area contributed by atoms with Crippen LogP contribution in [-0.4, -0.2) is 38.6 Å². The minimum absolute atomic E-state index is 0.0613. The zero-order valence-electron chi connectivity index (χ0n) is 17.5. The van der Waals surface area contributed by atoms with Crippen LogP contribution < -0.4 is 20.9 Å². The molecule has 10 heteroatoms. The number of nitrogens with zero attached hydrogens (tertiary/aromatic N) is 3. The fraction of sp³-hybridized carbons (Fsp3) is 0.182. The van der Waals surface area contributed by atoms with Crippen molar-refractivity contribution in [3.63, 3.8) is 0 Å². The summed E-state index contributed by atoms with van der Waals surface area (Å²) in [5.41, 5.74) is 5.90. The summed E-state index contributed by atoms with van der Waals surface area (Å²) in [4.78, 5) is 36.1. The largest absolute Gasteiger partial charge is 0.493 e. The number of nitrogens with two attached hydrogens (primary N) is 1. The first-order valence-electron chi connectivity index (χ1n) is 9.72. The topological polar surface area (TPSA) is 125 Å². The van der Waals surface area contributed by atoms with E-state index in [-0.39, 0.29) is 28.8 Å². The SMILES string of the molecule is COc1cc(-c2nc(C(N)=O)c3[nH]c(=O)n(-c4ccc(F)cc4)c3n2)ccc1OC(C)C. The second-order valence-electron chi connectivity index (χ2n) is 7.23. The highest BCUT2D eigenvalue weighted by Gasteiger charge is 2.21. The molecule has 4 aromatic rings. The molecule has 2 heterocycles. The molecule has 164 valence electrons. The van der Waals surface area contributed by atoms with Gasteiger partial charge in [-0.15, -0.1) is 0 Å². The van der Waals surface area contributed by atoms with Crippen molar-refractivity contribution in [1.29, 1.82) is 0 Å². The zero-order chi connectivity index (χ0) is 23.0. The molecule has 32 heavy (non-hydrogen) atoms. The Balaban J connectivity index is 1.95. The number of methoxy groups -OCH3 is 1. The number of halogens is 1. The van der Waals surface area contributed by atoms with Crippen molar-refractivity contribution >= 4 is 17.1 Å². The van der Waals surface area contributed by atoms with Crippen molar-refractivity contribution in [2.75, 3.05) is 7.11 Å². The zero-order valence-corrected chi connectivity index (χ0v) is 17.5. The van der Waals surface area contributed by atoms with Gasteiger partial charge in [0.05, 0.1) is 18.9 Å². The number of carbonyl (C=O) groups excluding carboxylic acids is 1. The highest BCUT2D eigenvalue weighted by atomic mass is 19.1. The van der Waals surface area contributed by atoms with E-state index < -0.39 is 17.4 Å². The molecule has 0 fully saturated rings. The molecular formula is C22H20FN5O4. The molecule has 3 N–H and O–H groups in total. The van der Waals surface area contributed by atoms with E-state index in [1.807, 2.05) is 13.8 Å². The molecular weight excluding hydrogens is 417 g/mol. The number of amides is 1. The van der Waals surface area contributed by atoms with Gasteiger partial charge in [0.25, 0.3) is 5.91 Å². The number of ether oxygens (including phenoxy) is 2. The first-order valence-corrected chi connectivity index (χ1v) is 9.72. The number of hydrogen-bond donors (Lipinski definition) is 2. The summed E-state index contributed by atoms with van der Waals surface area (Å²) in [5.74, 6) is -0.156. The van der Waals surface area contributed by atoms with E-state index in [9.17, 15) is 14.0 Å². The normalized spacial score (nSPS) is 11.2. The molecule has 2 aromatic heterocycles. The van der Waals surface area contributed by atoms with Crippen LogP contribution in [0.5, 0.6) is 11.5 Å². The minimum Gasteiger partial charge on any atom is -0.493 e. The van der Waals surface area contributed by atoms with Gasteiger partial charge in [0.15, 0.2) is 28.7 Å². The van der Waals surface area contributed by atoms with Crippen molar-refractivity contribution in [2.45, 2.75) is 20.0 Å². The summed E-state index contributed by atoms with van der Waals surface area (Å²) >= 11 is 0. The van der Waals surface area contributed by atoms with Crippen LogP contribution in [-0.2, 0) is 0 Å². The third-order valence-electron chi connectivity index (χ3n) is 4.64. The van der Waals surface area contributed by atoms with Gasteiger partial charge < -0.3 is 20.2 Å². The first-order chi connectivity index (χ1) is 15.3. The molecule has 0 aliphatic rings. The number of aromatic amines is 1. The van der Waals surface area contributed by atoms with E-state index >= 15 is 0 Å². The van der Waals surface area contributed by atoms with E-state index in [1.165, 1.54) is 35.9 Å². The van der Waals surface area contributed by atoms with Crippen LogP contribution in [0, 0.1) is 5.82 Å². The standard InChI is InChI=1S/C22H20FN5O4/c1-11(2)32-15-9-4-12(10-16(15)31-3)20-25-17(19(24)29)18-21(27-20)28(22(30)26-18)14-7-5-13(23)6-8-14/h4-11H,1-3H3,(H2,24,29)(H,26,30). The van der Waals surface area contributed by atoms with E-state index in [0.717, 1.165) is 0 Å². The number of rotatable bonds is 6. The van der Waals surface area contributed by atoms with E-state index in [1.54, 1.807) is 18.2 Å². The summed E-state index contributed by atoms with van der Waals surface area (Å²) in [5, 5.41) is 0. The highest BCUT2D eigenvalue weighted by molar-refractivity contribution is 6.02. The first kappa shape index (κ1) is 21.0. The monoisotopic (exact) mass is 437 g/mol. The molecule has 0 radical (unpaired) electrons. The quantitative estimate of drug-likeness (QED) is 0.478. The van der Waals surface area contributed by atoms with Crippen LogP contribution in [0.4, 0.5) is 4.39 Å². The number of benzene rings is 2. The summed E-state index contributed by atoms with van der Waals surface area (Å²) in [7, 11) is 1.50. The Kier molecular flexibility index (Phi) is 5.35. The molecule has 4 rings (SSSR count). The molecule has 0 unspecified atom stereocenters. The van der Waals surface area contributed by atoms with Crippen molar-refractivity contribution in [3.8, 4) is 28.6 Å². The third kappa shape index (κ3) is 3.78. The Morgan fingerprint density at radius 1 is 1.12 bits per heavy atom. The van der Waals surface area contributed by atoms with Gasteiger partial charge in [-0.05, 0) is 56.3 Å². The van der Waals surface area contributed by atoms with Gasteiger partial charge in [-0.1, -0.05) is 0 Å². The van der Waals surface area contributed by atoms with Crippen LogP contribution in [0.3, 0.4) is 0 Å². The Bertz CT molecular complexity index is 1380. The Labute approximate surface area is 181 Å². The summed E-state index contributed by atoms with van der Waals surface area (Å²) in [6, 6.07) is 10.4. The maximum atomic E-state index is 13.4. The lowest BCUT2D eigenvalue weighted by molar-refractivity contribution is 0.0997. The van der Waals surface area contributed by atoms with Gasteiger partial charge in [-0.2, -0.15) is 0 Å².